The van der Waals surface area contributed by atoms with Crippen molar-refractivity contribution in [2.24, 2.45) is 4.99 Å². The Morgan fingerprint density at radius 3 is 2.76 bits per heavy atom. The number of hydrogen-bond donors (Lipinski definition) is 1. The maximum Gasteiger partial charge on any atom is 0.128 e. The normalized spacial score (nSPS) is 16.7. The smallest absolute Gasteiger partial charge is 0.128 e. The van der Waals surface area contributed by atoms with E-state index in [-0.39, 0.29) is 6.17 Å². The molecule has 3 heteroatoms. The molecule has 1 atom stereocenters. The molecule has 3 nitrogen and oxygen atoms in total. The van der Waals surface area contributed by atoms with Crippen LogP contribution in [0.5, 0.6) is 0 Å². The summed E-state index contributed by atoms with van der Waals surface area (Å²) in [7, 11) is 0. The van der Waals surface area contributed by atoms with E-state index in [1.807, 2.05) is 42.5 Å². The van der Waals surface area contributed by atoms with Crippen LogP contribution in [-0.4, -0.2) is 11.1 Å². The molecule has 21 heavy (non-hydrogen) atoms. The molecule has 1 aliphatic rings. The lowest BCUT2D eigenvalue weighted by atomic mass is 10.2. The Morgan fingerprint density at radius 2 is 1.76 bits per heavy atom. The summed E-state index contributed by atoms with van der Waals surface area (Å²) in [5.74, 6) is 0.871. The van der Waals surface area contributed by atoms with Crippen LogP contribution >= 0.6 is 0 Å². The van der Waals surface area contributed by atoms with Crippen LogP contribution in [0.15, 0.2) is 65.7 Å². The van der Waals surface area contributed by atoms with Crippen molar-refractivity contribution < 1.29 is 0 Å². The molecule has 0 radical (unpaired) electrons. The third kappa shape index (κ3) is 2.38. The van der Waals surface area contributed by atoms with Crippen molar-refractivity contribution in [1.82, 2.24) is 4.98 Å². The number of para-hydroxylation sites is 2. The van der Waals surface area contributed by atoms with Crippen LogP contribution in [0.4, 0.5) is 5.82 Å². The molecule has 4 rings (SSSR count). The SMILES string of the molecule is C1=c2ccccc2=NC(Nc2ccc3ccccc3n2)C1. The topological polar surface area (TPSA) is 37.3 Å². The zero-order chi connectivity index (χ0) is 14.1. The van der Waals surface area contributed by atoms with Gasteiger partial charge in [0.1, 0.15) is 12.0 Å². The lowest BCUT2D eigenvalue weighted by Gasteiger charge is -2.16. The van der Waals surface area contributed by atoms with E-state index >= 15 is 0 Å². The molecule has 102 valence electrons. The average Bonchev–Trinajstić information content (AvgIpc) is 2.55. The Morgan fingerprint density at radius 1 is 0.905 bits per heavy atom. The molecular formula is C18H15N3. The number of anilines is 1. The van der Waals surface area contributed by atoms with E-state index in [1.54, 1.807) is 0 Å². The van der Waals surface area contributed by atoms with Gasteiger partial charge in [-0.1, -0.05) is 42.5 Å². The van der Waals surface area contributed by atoms with Crippen molar-refractivity contribution in [3.05, 3.63) is 71.2 Å². The molecule has 1 aliphatic heterocycles. The first kappa shape index (κ1) is 12.1. The number of hydrogen-bond acceptors (Lipinski definition) is 3. The Kier molecular flexibility index (Phi) is 2.89. The predicted octanol–water partition coefficient (Wildman–Crippen LogP) is 2.48. The zero-order valence-corrected chi connectivity index (χ0v) is 11.5. The van der Waals surface area contributed by atoms with Gasteiger partial charge >= 0.3 is 0 Å². The first-order valence-electron chi connectivity index (χ1n) is 7.14. The van der Waals surface area contributed by atoms with Gasteiger partial charge in [0, 0.05) is 11.8 Å². The second-order valence-electron chi connectivity index (χ2n) is 5.18. The van der Waals surface area contributed by atoms with Crippen molar-refractivity contribution >= 4 is 22.8 Å². The van der Waals surface area contributed by atoms with Gasteiger partial charge in [0.25, 0.3) is 0 Å². The minimum Gasteiger partial charge on any atom is -0.348 e. The number of pyridine rings is 1. The minimum absolute atomic E-state index is 0.0496. The summed E-state index contributed by atoms with van der Waals surface area (Å²) >= 11 is 0. The van der Waals surface area contributed by atoms with Crippen LogP contribution in [0.1, 0.15) is 6.42 Å². The summed E-state index contributed by atoms with van der Waals surface area (Å²) in [5, 5.41) is 6.81. The van der Waals surface area contributed by atoms with E-state index in [1.165, 1.54) is 5.22 Å². The molecule has 0 spiro atoms. The van der Waals surface area contributed by atoms with Crippen molar-refractivity contribution in [2.75, 3.05) is 5.32 Å². The highest BCUT2D eigenvalue weighted by Gasteiger charge is 2.09. The maximum absolute atomic E-state index is 4.74. The Labute approximate surface area is 122 Å². The summed E-state index contributed by atoms with van der Waals surface area (Å²) in [5.41, 5.74) is 1.00. The summed E-state index contributed by atoms with van der Waals surface area (Å²) in [6.45, 7) is 0. The molecule has 0 aliphatic carbocycles. The zero-order valence-electron chi connectivity index (χ0n) is 11.5. The molecule has 2 heterocycles. The fraction of sp³-hybridized carbons (Fsp3) is 0.111. The van der Waals surface area contributed by atoms with Gasteiger partial charge in [-0.15, -0.1) is 0 Å². The van der Waals surface area contributed by atoms with Crippen LogP contribution in [0.3, 0.4) is 0 Å². The average molecular weight is 273 g/mol. The van der Waals surface area contributed by atoms with Crippen LogP contribution in [-0.2, 0) is 0 Å². The summed E-state index contributed by atoms with van der Waals surface area (Å²) in [6, 6.07) is 20.4. The molecule has 1 N–H and O–H groups in total. The number of aromatic nitrogens is 1. The number of rotatable bonds is 2. The molecule has 1 unspecified atom stereocenters. The molecule has 3 aromatic rings. The van der Waals surface area contributed by atoms with Crippen LogP contribution in [0, 0.1) is 0 Å². The Hall–Kier alpha value is -2.68. The minimum atomic E-state index is 0.0496. The summed E-state index contributed by atoms with van der Waals surface area (Å²) in [4.78, 5) is 9.38. The third-order valence-electron chi connectivity index (χ3n) is 3.71. The van der Waals surface area contributed by atoms with Gasteiger partial charge in [0.05, 0.1) is 10.9 Å². The third-order valence-corrected chi connectivity index (χ3v) is 3.71. The molecular weight excluding hydrogens is 258 g/mol. The molecule has 2 aromatic carbocycles. The highest BCUT2D eigenvalue weighted by molar-refractivity contribution is 5.80. The van der Waals surface area contributed by atoms with E-state index in [0.29, 0.717) is 0 Å². The second kappa shape index (κ2) is 5.02. The molecule has 0 saturated heterocycles. The highest BCUT2D eigenvalue weighted by atomic mass is 15.1. The monoisotopic (exact) mass is 273 g/mol. The van der Waals surface area contributed by atoms with Gasteiger partial charge in [-0.2, -0.15) is 0 Å². The lowest BCUT2D eigenvalue weighted by molar-refractivity contribution is 0.750. The fourth-order valence-electron chi connectivity index (χ4n) is 2.65. The van der Waals surface area contributed by atoms with Crippen LogP contribution in [0.25, 0.3) is 17.0 Å². The standard InChI is InChI=1S/C18H15N3/c1-3-7-15-13(5-1)9-11-17(19-15)21-18-12-10-14-6-2-4-8-16(14)20-18/h1-11,18H,12H2,(H,19,21). The molecule has 0 saturated carbocycles. The van der Waals surface area contributed by atoms with E-state index < -0.39 is 0 Å². The van der Waals surface area contributed by atoms with E-state index in [4.69, 9.17) is 4.99 Å². The van der Waals surface area contributed by atoms with Crippen molar-refractivity contribution in [2.45, 2.75) is 12.6 Å². The number of fused-ring (bicyclic) bond motifs is 2. The molecule has 0 amide bonds. The van der Waals surface area contributed by atoms with E-state index in [2.05, 4.69) is 34.6 Å². The summed E-state index contributed by atoms with van der Waals surface area (Å²) < 4.78 is 0. The van der Waals surface area contributed by atoms with E-state index in [0.717, 1.165) is 28.5 Å². The Bertz CT molecular complexity index is 915. The maximum atomic E-state index is 4.74. The quantitative estimate of drug-likeness (QED) is 0.779. The largest absolute Gasteiger partial charge is 0.348 e. The van der Waals surface area contributed by atoms with Crippen molar-refractivity contribution in [3.63, 3.8) is 0 Å². The highest BCUT2D eigenvalue weighted by Crippen LogP contribution is 2.16. The van der Waals surface area contributed by atoms with Gasteiger partial charge < -0.3 is 5.32 Å². The van der Waals surface area contributed by atoms with Gasteiger partial charge in [-0.05, 0) is 29.5 Å². The van der Waals surface area contributed by atoms with Gasteiger partial charge in [-0.3, -0.25) is 4.99 Å². The summed E-state index contributed by atoms with van der Waals surface area (Å²) in [6.07, 6.45) is 3.15. The van der Waals surface area contributed by atoms with Crippen molar-refractivity contribution in [3.8, 4) is 0 Å². The lowest BCUT2D eigenvalue weighted by Crippen LogP contribution is -2.33. The first-order valence-corrected chi connectivity index (χ1v) is 7.14. The molecule has 0 bridgehead atoms. The van der Waals surface area contributed by atoms with Crippen LogP contribution < -0.4 is 15.9 Å². The molecule has 1 aromatic heterocycles. The van der Waals surface area contributed by atoms with Crippen LogP contribution in [0.2, 0.25) is 0 Å². The predicted molar refractivity (Wildman–Crippen MR) is 85.5 cm³/mol. The van der Waals surface area contributed by atoms with Gasteiger partial charge in [-0.25, -0.2) is 4.98 Å². The number of nitrogens with one attached hydrogen (secondary N) is 1. The van der Waals surface area contributed by atoms with Gasteiger partial charge in [0.2, 0.25) is 0 Å². The van der Waals surface area contributed by atoms with Crippen molar-refractivity contribution in [1.29, 1.82) is 0 Å². The number of benzene rings is 2. The Balaban J connectivity index is 1.65. The van der Waals surface area contributed by atoms with E-state index in [9.17, 15) is 0 Å². The fourth-order valence-corrected chi connectivity index (χ4v) is 2.65. The molecule has 0 fully saturated rings. The number of nitrogens with zero attached hydrogens (tertiary/aromatic N) is 2. The first-order chi connectivity index (χ1) is 10.4. The second-order valence-corrected chi connectivity index (χ2v) is 5.18. The van der Waals surface area contributed by atoms with Gasteiger partial charge in [0.15, 0.2) is 0 Å².